The van der Waals surface area contributed by atoms with Crippen LogP contribution >= 0.6 is 0 Å². The van der Waals surface area contributed by atoms with Gasteiger partial charge in [-0.25, -0.2) is 8.42 Å². The van der Waals surface area contributed by atoms with Gasteiger partial charge in [-0.15, -0.1) is 0 Å². The molecule has 4 aromatic carbocycles. The van der Waals surface area contributed by atoms with Crippen LogP contribution < -0.4 is 10.6 Å². The molecule has 1 saturated heterocycles. The fraction of sp³-hybridized carbons (Fsp3) is 0.156. The fourth-order valence-electron chi connectivity index (χ4n) is 4.59. The van der Waals surface area contributed by atoms with Crippen LogP contribution in [-0.2, 0) is 14.8 Å². The van der Waals surface area contributed by atoms with Gasteiger partial charge < -0.3 is 15.4 Å². The standard InChI is InChI=1S/C32H29N3O6S/c1-22-11-16-29(27(21-22)30(36)23-7-3-2-4-8-23)34-32(38)26-9-5-6-10-28(26)33-31(37)24-12-14-25(15-13-24)42(39,40)35-17-19-41-20-18-35/h2-16,21H,17-20H2,1H3,(H,33,37)(H,34,38). The highest BCUT2D eigenvalue weighted by molar-refractivity contribution is 7.89. The number of anilines is 2. The van der Waals surface area contributed by atoms with E-state index in [1.165, 1.54) is 28.6 Å². The van der Waals surface area contributed by atoms with Crippen molar-refractivity contribution in [2.75, 3.05) is 36.9 Å². The zero-order valence-electron chi connectivity index (χ0n) is 22.9. The number of aryl methyl sites for hydroxylation is 1. The van der Waals surface area contributed by atoms with E-state index in [-0.39, 0.29) is 40.6 Å². The smallest absolute Gasteiger partial charge is 0.257 e. The average Bonchev–Trinajstić information content (AvgIpc) is 3.02. The molecule has 1 fully saturated rings. The third-order valence-electron chi connectivity index (χ3n) is 6.85. The Morgan fingerprint density at radius 2 is 1.31 bits per heavy atom. The molecule has 5 rings (SSSR count). The highest BCUT2D eigenvalue weighted by Gasteiger charge is 2.26. The molecule has 0 aromatic heterocycles. The van der Waals surface area contributed by atoms with Crippen LogP contribution in [0.15, 0.2) is 102 Å². The van der Waals surface area contributed by atoms with Crippen LogP contribution in [0.1, 0.15) is 42.2 Å². The number of benzene rings is 4. The molecule has 0 spiro atoms. The number of carbonyl (C=O) groups excluding carboxylic acids is 3. The number of nitrogens with one attached hydrogen (secondary N) is 2. The van der Waals surface area contributed by atoms with E-state index < -0.39 is 21.8 Å². The summed E-state index contributed by atoms with van der Waals surface area (Å²) in [5.41, 5.74) is 2.73. The van der Waals surface area contributed by atoms with Crippen LogP contribution in [0.4, 0.5) is 11.4 Å². The zero-order valence-corrected chi connectivity index (χ0v) is 23.7. The van der Waals surface area contributed by atoms with E-state index >= 15 is 0 Å². The number of amides is 2. The molecule has 1 heterocycles. The van der Waals surface area contributed by atoms with Crippen LogP contribution in [0.5, 0.6) is 0 Å². The number of sulfonamides is 1. The van der Waals surface area contributed by atoms with Gasteiger partial charge in [-0.1, -0.05) is 54.1 Å². The Bertz CT molecular complexity index is 1730. The summed E-state index contributed by atoms with van der Waals surface area (Å²) in [5.74, 6) is -1.25. The Morgan fingerprint density at radius 3 is 2.02 bits per heavy atom. The van der Waals surface area contributed by atoms with Crippen molar-refractivity contribution in [2.24, 2.45) is 0 Å². The molecule has 0 saturated carbocycles. The van der Waals surface area contributed by atoms with Gasteiger partial charge in [-0.2, -0.15) is 4.31 Å². The number of hydrogen-bond acceptors (Lipinski definition) is 6. The highest BCUT2D eigenvalue weighted by Crippen LogP contribution is 2.24. The first-order valence-corrected chi connectivity index (χ1v) is 14.8. The lowest BCUT2D eigenvalue weighted by Crippen LogP contribution is -2.40. The van der Waals surface area contributed by atoms with Gasteiger partial charge in [-0.3, -0.25) is 14.4 Å². The molecule has 10 heteroatoms. The number of morpholine rings is 1. The summed E-state index contributed by atoms with van der Waals surface area (Å²) in [6.07, 6.45) is 0. The van der Waals surface area contributed by atoms with E-state index in [1.54, 1.807) is 66.7 Å². The van der Waals surface area contributed by atoms with Crippen molar-refractivity contribution in [3.63, 3.8) is 0 Å². The quantitative estimate of drug-likeness (QED) is 0.289. The van der Waals surface area contributed by atoms with E-state index in [4.69, 9.17) is 4.74 Å². The third kappa shape index (κ3) is 6.31. The second-order valence-corrected chi connectivity index (χ2v) is 11.7. The molecule has 0 bridgehead atoms. The van der Waals surface area contributed by atoms with Crippen molar-refractivity contribution >= 4 is 39.0 Å². The van der Waals surface area contributed by atoms with E-state index in [0.717, 1.165) is 5.56 Å². The van der Waals surface area contributed by atoms with Crippen LogP contribution in [0, 0.1) is 6.92 Å². The molecule has 214 valence electrons. The Labute approximate surface area is 244 Å². The molecule has 2 amide bonds. The highest BCUT2D eigenvalue weighted by atomic mass is 32.2. The number of para-hydroxylation sites is 1. The van der Waals surface area contributed by atoms with Gasteiger partial charge in [0.2, 0.25) is 10.0 Å². The maximum absolute atomic E-state index is 13.4. The van der Waals surface area contributed by atoms with Gasteiger partial charge in [0, 0.05) is 29.8 Å². The summed E-state index contributed by atoms with van der Waals surface area (Å²) in [5, 5.41) is 5.57. The first-order valence-electron chi connectivity index (χ1n) is 13.3. The Morgan fingerprint density at radius 1 is 0.690 bits per heavy atom. The molecule has 9 nitrogen and oxygen atoms in total. The van der Waals surface area contributed by atoms with Crippen molar-refractivity contribution in [1.29, 1.82) is 0 Å². The van der Waals surface area contributed by atoms with Crippen molar-refractivity contribution in [3.05, 3.63) is 125 Å². The molecule has 2 N–H and O–H groups in total. The maximum Gasteiger partial charge on any atom is 0.257 e. The van der Waals surface area contributed by atoms with Crippen LogP contribution in [0.2, 0.25) is 0 Å². The van der Waals surface area contributed by atoms with Gasteiger partial charge in [0.15, 0.2) is 5.78 Å². The minimum absolute atomic E-state index is 0.0830. The number of carbonyl (C=O) groups is 3. The predicted octanol–water partition coefficient (Wildman–Crippen LogP) is 4.75. The van der Waals surface area contributed by atoms with Gasteiger partial charge in [-0.05, 0) is 55.5 Å². The van der Waals surface area contributed by atoms with Crippen LogP contribution in [0.25, 0.3) is 0 Å². The summed E-state index contributed by atoms with van der Waals surface area (Å²) in [7, 11) is -3.70. The van der Waals surface area contributed by atoms with E-state index in [0.29, 0.717) is 30.0 Å². The summed E-state index contributed by atoms with van der Waals surface area (Å²) < 4.78 is 32.4. The largest absolute Gasteiger partial charge is 0.379 e. The summed E-state index contributed by atoms with van der Waals surface area (Å²) in [6.45, 7) is 3.08. The fourth-order valence-corrected chi connectivity index (χ4v) is 6.00. The molecule has 4 aromatic rings. The molecule has 1 aliphatic rings. The van der Waals surface area contributed by atoms with Crippen LogP contribution in [-0.4, -0.2) is 56.6 Å². The van der Waals surface area contributed by atoms with E-state index in [1.807, 2.05) is 13.0 Å². The molecule has 42 heavy (non-hydrogen) atoms. The van der Waals surface area contributed by atoms with Gasteiger partial charge in [0.25, 0.3) is 11.8 Å². The van der Waals surface area contributed by atoms with Gasteiger partial charge in [0.1, 0.15) is 0 Å². The Hall–Kier alpha value is -4.64. The number of ether oxygens (including phenoxy) is 1. The maximum atomic E-state index is 13.4. The van der Waals surface area contributed by atoms with Crippen LogP contribution in [0.3, 0.4) is 0 Å². The molecule has 0 aliphatic carbocycles. The van der Waals surface area contributed by atoms with Crippen molar-refractivity contribution < 1.29 is 27.5 Å². The first kappa shape index (κ1) is 28.9. The van der Waals surface area contributed by atoms with Crippen molar-refractivity contribution in [3.8, 4) is 0 Å². The van der Waals surface area contributed by atoms with Gasteiger partial charge in [0.05, 0.1) is 35.0 Å². The van der Waals surface area contributed by atoms with Crippen molar-refractivity contribution in [1.82, 2.24) is 4.31 Å². The molecule has 0 radical (unpaired) electrons. The van der Waals surface area contributed by atoms with Gasteiger partial charge >= 0.3 is 0 Å². The molecular formula is C32H29N3O6S. The minimum atomic E-state index is -3.70. The van der Waals surface area contributed by atoms with Crippen molar-refractivity contribution in [2.45, 2.75) is 11.8 Å². The Kier molecular flexibility index (Phi) is 8.58. The normalized spacial score (nSPS) is 13.7. The lowest BCUT2D eigenvalue weighted by atomic mass is 9.99. The lowest BCUT2D eigenvalue weighted by Gasteiger charge is -2.26. The number of nitrogens with zero attached hydrogens (tertiary/aromatic N) is 1. The zero-order chi connectivity index (χ0) is 29.7. The molecule has 1 aliphatic heterocycles. The average molecular weight is 584 g/mol. The predicted molar refractivity (Wildman–Crippen MR) is 159 cm³/mol. The molecular weight excluding hydrogens is 554 g/mol. The summed E-state index contributed by atoms with van der Waals surface area (Å²) in [6, 6.07) is 26.1. The topological polar surface area (TPSA) is 122 Å². The number of rotatable bonds is 8. The summed E-state index contributed by atoms with van der Waals surface area (Å²) >= 11 is 0. The summed E-state index contributed by atoms with van der Waals surface area (Å²) in [4.78, 5) is 39.8. The Balaban J connectivity index is 1.33. The third-order valence-corrected chi connectivity index (χ3v) is 8.76. The minimum Gasteiger partial charge on any atom is -0.379 e. The number of ketones is 1. The second-order valence-electron chi connectivity index (χ2n) is 9.74. The molecule has 0 unspecified atom stereocenters. The molecule has 0 atom stereocenters. The van der Waals surface area contributed by atoms with E-state index in [9.17, 15) is 22.8 Å². The first-order chi connectivity index (χ1) is 20.2. The number of hydrogen-bond donors (Lipinski definition) is 2. The lowest BCUT2D eigenvalue weighted by molar-refractivity contribution is 0.0730. The second kappa shape index (κ2) is 12.5. The monoisotopic (exact) mass is 583 g/mol. The van der Waals surface area contributed by atoms with E-state index in [2.05, 4.69) is 10.6 Å². The SMILES string of the molecule is Cc1ccc(NC(=O)c2ccccc2NC(=O)c2ccc(S(=O)(=O)N3CCOCC3)cc2)c(C(=O)c2ccccc2)c1.